The number of hydrogen-bond acceptors (Lipinski definition) is 0. The van der Waals surface area contributed by atoms with E-state index >= 15 is 0 Å². The summed E-state index contributed by atoms with van der Waals surface area (Å²) in [5, 5.41) is 2.47. The first-order valence-corrected chi connectivity index (χ1v) is 8.96. The lowest BCUT2D eigenvalue weighted by Gasteiger charge is -2.11. The Morgan fingerprint density at radius 1 is 0.600 bits per heavy atom. The van der Waals surface area contributed by atoms with Gasteiger partial charge in [-0.3, -0.25) is 0 Å². The first kappa shape index (κ1) is 15.7. The summed E-state index contributed by atoms with van der Waals surface area (Å²) in [6, 6.07) is 31.1. The topological polar surface area (TPSA) is 0 Å². The van der Waals surface area contributed by atoms with E-state index in [2.05, 4.69) is 82.4 Å². The van der Waals surface area contributed by atoms with Gasteiger partial charge in [0.05, 0.1) is 0 Å². The Morgan fingerprint density at radius 2 is 1.32 bits per heavy atom. The zero-order valence-corrected chi connectivity index (χ0v) is 15.1. The van der Waals surface area contributed by atoms with Crippen molar-refractivity contribution in [3.8, 4) is 23.0 Å². The quantitative estimate of drug-likeness (QED) is 0.322. The fourth-order valence-corrected chi connectivity index (χ4v) is 3.59. The van der Waals surface area contributed by atoms with Gasteiger partial charge in [0.25, 0.3) is 0 Å². The highest BCUT2D eigenvalue weighted by Gasteiger charge is 2.10. The molecule has 118 valence electrons. The molecule has 0 saturated heterocycles. The van der Waals surface area contributed by atoms with Crippen LogP contribution in [0.25, 0.3) is 21.9 Å². The normalized spacial score (nSPS) is 10.3. The van der Waals surface area contributed by atoms with Crippen molar-refractivity contribution in [2.45, 2.75) is 0 Å². The number of fused-ring (bicyclic) bond motifs is 1. The Balaban J connectivity index is 1.92. The zero-order chi connectivity index (χ0) is 17.1. The average molecular weight is 383 g/mol. The van der Waals surface area contributed by atoms with E-state index in [9.17, 15) is 0 Å². The van der Waals surface area contributed by atoms with Gasteiger partial charge in [-0.15, -0.1) is 0 Å². The van der Waals surface area contributed by atoms with Crippen LogP contribution in [-0.4, -0.2) is 0 Å². The third kappa shape index (κ3) is 3.22. The van der Waals surface area contributed by atoms with Crippen LogP contribution in [0.1, 0.15) is 11.1 Å². The van der Waals surface area contributed by atoms with Crippen LogP contribution in [-0.2, 0) is 0 Å². The van der Waals surface area contributed by atoms with Crippen LogP contribution in [0.2, 0.25) is 0 Å². The molecule has 0 heterocycles. The zero-order valence-electron chi connectivity index (χ0n) is 13.5. The summed E-state index contributed by atoms with van der Waals surface area (Å²) >= 11 is 3.73. The Hall–Kier alpha value is -2.82. The van der Waals surface area contributed by atoms with Crippen LogP contribution >= 0.6 is 15.9 Å². The summed E-state index contributed by atoms with van der Waals surface area (Å²) in [5.74, 6) is 6.63. The van der Waals surface area contributed by atoms with Crippen LogP contribution in [0.15, 0.2) is 95.5 Å². The van der Waals surface area contributed by atoms with E-state index in [0.717, 1.165) is 21.2 Å². The molecule has 4 rings (SSSR count). The van der Waals surface area contributed by atoms with Gasteiger partial charge in [-0.05, 0) is 40.6 Å². The molecule has 0 amide bonds. The van der Waals surface area contributed by atoms with E-state index in [-0.39, 0.29) is 0 Å². The molecule has 0 bridgehead atoms. The standard InChI is InChI=1S/C24H15Br/c25-23-15-7-12-20(17-16-18-8-2-1-3-9-18)24(23)22-14-6-11-19-10-4-5-13-21(19)22/h1-15H. The van der Waals surface area contributed by atoms with E-state index in [1.165, 1.54) is 16.3 Å². The average Bonchev–Trinajstić information content (AvgIpc) is 2.67. The fourth-order valence-electron chi connectivity index (χ4n) is 3.01. The van der Waals surface area contributed by atoms with E-state index in [4.69, 9.17) is 0 Å². The second-order valence-electron chi connectivity index (χ2n) is 5.81. The predicted molar refractivity (Wildman–Crippen MR) is 110 cm³/mol. The molecule has 0 atom stereocenters. The van der Waals surface area contributed by atoms with Crippen LogP contribution in [0.3, 0.4) is 0 Å². The van der Waals surface area contributed by atoms with Crippen molar-refractivity contribution in [2.24, 2.45) is 0 Å². The summed E-state index contributed by atoms with van der Waals surface area (Å²) in [4.78, 5) is 0. The minimum Gasteiger partial charge on any atom is -0.0622 e. The Bertz CT molecular complexity index is 1090. The predicted octanol–water partition coefficient (Wildman–Crippen LogP) is 6.67. The van der Waals surface area contributed by atoms with Crippen molar-refractivity contribution in [1.82, 2.24) is 0 Å². The lowest BCUT2D eigenvalue weighted by atomic mass is 9.94. The molecule has 0 N–H and O–H groups in total. The van der Waals surface area contributed by atoms with Crippen molar-refractivity contribution in [1.29, 1.82) is 0 Å². The molecule has 0 aliphatic carbocycles. The number of halogens is 1. The summed E-state index contributed by atoms with van der Waals surface area (Å²) in [5.41, 5.74) is 4.38. The second kappa shape index (κ2) is 6.97. The fraction of sp³-hybridized carbons (Fsp3) is 0. The maximum Gasteiger partial charge on any atom is 0.0339 e. The van der Waals surface area contributed by atoms with E-state index in [1.54, 1.807) is 0 Å². The van der Waals surface area contributed by atoms with Gasteiger partial charge in [0.15, 0.2) is 0 Å². The minimum absolute atomic E-state index is 1.02. The molecule has 0 radical (unpaired) electrons. The summed E-state index contributed by atoms with van der Waals surface area (Å²) in [6.45, 7) is 0. The number of benzene rings is 4. The van der Waals surface area contributed by atoms with Crippen molar-refractivity contribution in [2.75, 3.05) is 0 Å². The second-order valence-corrected chi connectivity index (χ2v) is 6.66. The van der Waals surface area contributed by atoms with E-state index < -0.39 is 0 Å². The molecular weight excluding hydrogens is 368 g/mol. The summed E-state index contributed by atoms with van der Waals surface area (Å²) in [6.07, 6.45) is 0. The van der Waals surface area contributed by atoms with Gasteiger partial charge < -0.3 is 0 Å². The molecule has 1 heteroatoms. The molecule has 0 fully saturated rings. The SMILES string of the molecule is Brc1cccc(C#Cc2ccccc2)c1-c1cccc2ccccc12. The molecule has 4 aromatic rings. The first-order chi connectivity index (χ1) is 12.3. The highest BCUT2D eigenvalue weighted by molar-refractivity contribution is 9.10. The Morgan fingerprint density at radius 3 is 2.20 bits per heavy atom. The monoisotopic (exact) mass is 382 g/mol. The maximum atomic E-state index is 3.73. The molecule has 0 spiro atoms. The van der Waals surface area contributed by atoms with Gasteiger partial charge >= 0.3 is 0 Å². The molecule has 25 heavy (non-hydrogen) atoms. The third-order valence-corrected chi connectivity index (χ3v) is 4.85. The van der Waals surface area contributed by atoms with Crippen molar-refractivity contribution >= 4 is 26.7 Å². The smallest absolute Gasteiger partial charge is 0.0339 e. The Kier molecular flexibility index (Phi) is 4.37. The molecule has 0 aliphatic heterocycles. The highest BCUT2D eigenvalue weighted by atomic mass is 79.9. The van der Waals surface area contributed by atoms with Crippen LogP contribution in [0.4, 0.5) is 0 Å². The lowest BCUT2D eigenvalue weighted by Crippen LogP contribution is -1.88. The van der Waals surface area contributed by atoms with Crippen molar-refractivity contribution in [3.63, 3.8) is 0 Å². The first-order valence-electron chi connectivity index (χ1n) is 8.17. The number of hydrogen-bond donors (Lipinski definition) is 0. The Labute approximate surface area is 156 Å². The van der Waals surface area contributed by atoms with Gasteiger partial charge in [-0.1, -0.05) is 94.5 Å². The van der Waals surface area contributed by atoms with Crippen LogP contribution < -0.4 is 0 Å². The largest absolute Gasteiger partial charge is 0.0622 e. The summed E-state index contributed by atoms with van der Waals surface area (Å²) in [7, 11) is 0. The van der Waals surface area contributed by atoms with Gasteiger partial charge in [0, 0.05) is 21.2 Å². The van der Waals surface area contributed by atoms with Gasteiger partial charge in [0.2, 0.25) is 0 Å². The van der Waals surface area contributed by atoms with Gasteiger partial charge in [0.1, 0.15) is 0 Å². The molecule has 0 aromatic heterocycles. The highest BCUT2D eigenvalue weighted by Crippen LogP contribution is 2.36. The van der Waals surface area contributed by atoms with Gasteiger partial charge in [-0.25, -0.2) is 0 Å². The van der Waals surface area contributed by atoms with Crippen LogP contribution in [0, 0.1) is 11.8 Å². The van der Waals surface area contributed by atoms with Gasteiger partial charge in [-0.2, -0.15) is 0 Å². The van der Waals surface area contributed by atoms with E-state index in [0.29, 0.717) is 0 Å². The molecule has 0 aliphatic rings. The molecule has 0 unspecified atom stereocenters. The minimum atomic E-state index is 1.02. The van der Waals surface area contributed by atoms with Crippen LogP contribution in [0.5, 0.6) is 0 Å². The third-order valence-electron chi connectivity index (χ3n) is 4.19. The molecule has 0 nitrogen and oxygen atoms in total. The molecule has 0 saturated carbocycles. The molecular formula is C24H15Br. The lowest BCUT2D eigenvalue weighted by molar-refractivity contribution is 1.56. The molecule has 4 aromatic carbocycles. The maximum absolute atomic E-state index is 3.73. The van der Waals surface area contributed by atoms with Crippen molar-refractivity contribution < 1.29 is 0 Å². The summed E-state index contributed by atoms with van der Waals surface area (Å²) < 4.78 is 1.06. The van der Waals surface area contributed by atoms with E-state index in [1.807, 2.05) is 36.4 Å². The number of rotatable bonds is 1. The van der Waals surface area contributed by atoms with Crippen molar-refractivity contribution in [3.05, 3.63) is 107 Å².